The Morgan fingerprint density at radius 3 is 2.41 bits per heavy atom. The van der Waals surface area contributed by atoms with Gasteiger partial charge in [0.15, 0.2) is 17.7 Å². The maximum Gasteiger partial charge on any atom is 0.481 e. The standard InChI is InChI=1S/C30H42N7O17P3S/c1-30(2,25(41)28(42)33-11-10-20(38)32-12-13-58-21(39)9-8-18-6-4-3-5-7-18)15-51-57(48,49)54-56(46,47)50-14-19-24(53-55(43,44)45)23(40)29(52-19)37-17-36-22-26(31)34-16-35-27(22)37/h3-9,16-17,19,23-25,29,40-41H,10-15H2,1-2H3,(H,32,38)(H,33,42)(H,46,47)(H,48,49)(H2,31,34,35)(H2,43,44,45)/b9-8+/t19-,23-,24-,25?,29-/m1/s1. The van der Waals surface area contributed by atoms with Crippen LogP contribution < -0.4 is 16.4 Å². The van der Waals surface area contributed by atoms with Crippen LogP contribution in [0.2, 0.25) is 0 Å². The molecule has 0 aliphatic carbocycles. The summed E-state index contributed by atoms with van der Waals surface area (Å²) >= 11 is 1.00. The largest absolute Gasteiger partial charge is 0.481 e. The molecule has 28 heteroatoms. The third-order valence-corrected chi connectivity index (χ3v) is 11.9. The van der Waals surface area contributed by atoms with Crippen LogP contribution >= 0.6 is 35.2 Å². The van der Waals surface area contributed by atoms with Crippen LogP contribution in [0.25, 0.3) is 17.2 Å². The maximum absolute atomic E-state index is 12.7. The molecule has 4 rings (SSSR count). The zero-order valence-electron chi connectivity index (χ0n) is 30.6. The van der Waals surface area contributed by atoms with E-state index in [0.717, 1.165) is 34.5 Å². The lowest BCUT2D eigenvalue weighted by molar-refractivity contribution is -0.137. The minimum Gasteiger partial charge on any atom is -0.386 e. The number of nitrogens with one attached hydrogen (secondary N) is 2. The van der Waals surface area contributed by atoms with Gasteiger partial charge in [0, 0.05) is 30.7 Å². The number of nitrogen functional groups attached to an aromatic ring is 1. The van der Waals surface area contributed by atoms with Gasteiger partial charge in [0.05, 0.1) is 19.5 Å². The van der Waals surface area contributed by atoms with E-state index < -0.39 is 84.6 Å². The molecule has 24 nitrogen and oxygen atoms in total. The molecule has 1 aliphatic rings. The molecule has 58 heavy (non-hydrogen) atoms. The highest BCUT2D eigenvalue weighted by Crippen LogP contribution is 2.61. The summed E-state index contributed by atoms with van der Waals surface area (Å²) in [6.07, 6.45) is -3.86. The molecule has 2 aromatic heterocycles. The number of carbonyl (C=O) groups is 3. The van der Waals surface area contributed by atoms with Crippen molar-refractivity contribution >= 4 is 75.2 Å². The van der Waals surface area contributed by atoms with E-state index in [1.54, 1.807) is 6.08 Å². The number of phosphoric ester groups is 3. The molecule has 3 heterocycles. The number of imidazole rings is 1. The molecule has 0 spiro atoms. The summed E-state index contributed by atoms with van der Waals surface area (Å²) in [6.45, 7) is 0.432. The molecule has 320 valence electrons. The Balaban J connectivity index is 1.21. The predicted molar refractivity (Wildman–Crippen MR) is 203 cm³/mol. The van der Waals surface area contributed by atoms with Gasteiger partial charge in [-0.1, -0.05) is 62.0 Å². The van der Waals surface area contributed by atoms with Gasteiger partial charge in [0.25, 0.3) is 0 Å². The van der Waals surface area contributed by atoms with Crippen LogP contribution in [-0.4, -0.2) is 123 Å². The number of rotatable bonds is 21. The number of phosphoric acid groups is 3. The highest BCUT2D eigenvalue weighted by Gasteiger charge is 2.50. The van der Waals surface area contributed by atoms with Gasteiger partial charge in [-0.3, -0.25) is 32.5 Å². The van der Waals surface area contributed by atoms with Crippen LogP contribution in [0, 0.1) is 5.41 Å². The summed E-state index contributed by atoms with van der Waals surface area (Å²) in [5.74, 6) is -1.18. The molecule has 0 saturated carbocycles. The second-order valence-corrected chi connectivity index (χ2v) is 18.3. The number of aromatic nitrogens is 4. The number of aliphatic hydroxyl groups excluding tert-OH is 2. The first kappa shape index (κ1) is 47.2. The third kappa shape index (κ3) is 14.1. The van der Waals surface area contributed by atoms with Crippen LogP contribution in [-0.2, 0) is 50.7 Å². The highest BCUT2D eigenvalue weighted by atomic mass is 32.2. The minimum absolute atomic E-state index is 0.0285. The lowest BCUT2D eigenvalue weighted by Gasteiger charge is -2.30. The molecule has 3 aromatic rings. The lowest BCUT2D eigenvalue weighted by atomic mass is 9.87. The van der Waals surface area contributed by atoms with Crippen molar-refractivity contribution in [3.05, 3.63) is 54.6 Å². The van der Waals surface area contributed by atoms with Crippen molar-refractivity contribution in [1.82, 2.24) is 30.2 Å². The van der Waals surface area contributed by atoms with E-state index in [4.69, 9.17) is 19.5 Å². The van der Waals surface area contributed by atoms with E-state index in [9.17, 15) is 57.9 Å². The van der Waals surface area contributed by atoms with E-state index in [0.29, 0.717) is 5.75 Å². The SMILES string of the molecule is CC(C)(COP(=O)(O)OP(=O)(O)OC[C@H]1O[C@@H](n2cnc3c(N)ncnc32)[C@H](O)[C@@H]1OP(=O)(O)O)C(O)C(=O)NCCC(=O)NCCSC(=O)/C=C/c1ccccc1. The van der Waals surface area contributed by atoms with Gasteiger partial charge in [-0.25, -0.2) is 28.6 Å². The van der Waals surface area contributed by atoms with Crippen LogP contribution in [0.1, 0.15) is 32.1 Å². The van der Waals surface area contributed by atoms with Crippen molar-refractivity contribution < 1.29 is 80.5 Å². The number of ether oxygens (including phenoxy) is 1. The quantitative estimate of drug-likeness (QED) is 0.0396. The van der Waals surface area contributed by atoms with Gasteiger partial charge in [-0.2, -0.15) is 4.31 Å². The monoisotopic (exact) mass is 897 g/mol. The van der Waals surface area contributed by atoms with Crippen molar-refractivity contribution in [3.8, 4) is 0 Å². The van der Waals surface area contributed by atoms with Crippen LogP contribution in [0.15, 0.2) is 49.1 Å². The van der Waals surface area contributed by atoms with Crippen molar-refractivity contribution in [3.63, 3.8) is 0 Å². The summed E-state index contributed by atoms with van der Waals surface area (Å²) < 4.78 is 62.1. The van der Waals surface area contributed by atoms with Crippen molar-refractivity contribution in [1.29, 1.82) is 0 Å². The van der Waals surface area contributed by atoms with Gasteiger partial charge < -0.3 is 50.9 Å². The second kappa shape index (κ2) is 20.2. The lowest BCUT2D eigenvalue weighted by Crippen LogP contribution is -2.46. The van der Waals surface area contributed by atoms with Gasteiger partial charge in [-0.15, -0.1) is 0 Å². The van der Waals surface area contributed by atoms with Gasteiger partial charge in [0.2, 0.25) is 16.9 Å². The fourth-order valence-electron chi connectivity index (χ4n) is 5.06. The number of anilines is 1. The summed E-state index contributed by atoms with van der Waals surface area (Å²) in [5.41, 5.74) is 5.11. The molecule has 10 N–H and O–H groups in total. The Hall–Kier alpha value is -3.48. The number of amides is 2. The molecular weight excluding hydrogens is 855 g/mol. The van der Waals surface area contributed by atoms with Crippen LogP contribution in [0.4, 0.5) is 5.82 Å². The zero-order chi connectivity index (χ0) is 42.9. The number of nitrogens with zero attached hydrogens (tertiary/aromatic N) is 4. The first-order chi connectivity index (χ1) is 27.1. The van der Waals surface area contributed by atoms with Gasteiger partial charge in [-0.05, 0) is 11.6 Å². The number of thioether (sulfide) groups is 1. The molecule has 1 fully saturated rings. The smallest absolute Gasteiger partial charge is 0.386 e. The van der Waals surface area contributed by atoms with Crippen molar-refractivity contribution in [2.45, 2.75) is 50.9 Å². The number of nitrogens with two attached hydrogens (primary N) is 1. The molecule has 0 bridgehead atoms. The van der Waals surface area contributed by atoms with Crippen LogP contribution in [0.5, 0.6) is 0 Å². The molecule has 1 aliphatic heterocycles. The Morgan fingerprint density at radius 2 is 1.72 bits per heavy atom. The summed E-state index contributed by atoms with van der Waals surface area (Å²) in [4.78, 5) is 87.7. The predicted octanol–water partition coefficient (Wildman–Crippen LogP) is 0.378. The zero-order valence-corrected chi connectivity index (χ0v) is 34.1. The second-order valence-electron chi connectivity index (χ2n) is 13.0. The fraction of sp³-hybridized carbons (Fsp3) is 0.467. The third-order valence-electron chi connectivity index (χ3n) is 7.96. The van der Waals surface area contributed by atoms with E-state index >= 15 is 0 Å². The van der Waals surface area contributed by atoms with Crippen molar-refractivity contribution in [2.24, 2.45) is 5.41 Å². The maximum atomic E-state index is 12.7. The Bertz CT molecular complexity index is 2090. The number of fused-ring (bicyclic) bond motifs is 1. The van der Waals surface area contributed by atoms with E-state index in [1.165, 1.54) is 19.9 Å². The fourth-order valence-corrected chi connectivity index (χ4v) is 8.46. The molecule has 2 amide bonds. The topological polar surface area (TPSA) is 364 Å². The average molecular weight is 898 g/mol. The number of hydrogen-bond donors (Lipinski definition) is 9. The van der Waals surface area contributed by atoms with E-state index in [-0.39, 0.29) is 41.6 Å². The summed E-state index contributed by atoms with van der Waals surface area (Å²) in [6, 6.07) is 9.21. The highest BCUT2D eigenvalue weighted by molar-refractivity contribution is 8.14. The van der Waals surface area contributed by atoms with Crippen LogP contribution in [0.3, 0.4) is 0 Å². The Kier molecular flexibility index (Phi) is 16.4. The minimum atomic E-state index is -5.58. The van der Waals surface area contributed by atoms with E-state index in [2.05, 4.69) is 34.4 Å². The first-order valence-corrected chi connectivity index (χ1v) is 22.4. The number of aliphatic hydroxyl groups is 2. The number of benzene rings is 1. The number of hydrogen-bond acceptors (Lipinski definition) is 18. The molecule has 1 aromatic carbocycles. The van der Waals surface area contributed by atoms with E-state index in [1.807, 2.05) is 30.3 Å². The average Bonchev–Trinajstić information content (AvgIpc) is 3.71. The summed E-state index contributed by atoms with van der Waals surface area (Å²) in [7, 11) is -16.4. The molecule has 7 atom stereocenters. The van der Waals surface area contributed by atoms with Gasteiger partial charge in [0.1, 0.15) is 36.3 Å². The molecule has 0 radical (unpaired) electrons. The van der Waals surface area contributed by atoms with Crippen molar-refractivity contribution in [2.75, 3.05) is 37.8 Å². The molecule has 1 saturated heterocycles. The van der Waals surface area contributed by atoms with Gasteiger partial charge >= 0.3 is 23.5 Å². The first-order valence-electron chi connectivity index (χ1n) is 16.9. The Morgan fingerprint density at radius 1 is 1.03 bits per heavy atom. The molecule has 3 unspecified atom stereocenters. The summed E-state index contributed by atoms with van der Waals surface area (Å²) in [5, 5.41) is 26.2. The normalized spacial score (nSPS) is 21.4. The molecular formula is C30H42N7O17P3S. The number of carbonyl (C=O) groups excluding carboxylic acids is 3. The Labute approximate surface area is 334 Å².